The van der Waals surface area contributed by atoms with Gasteiger partial charge in [-0.2, -0.15) is 4.98 Å². The van der Waals surface area contributed by atoms with E-state index in [-0.39, 0.29) is 17.7 Å². The molecule has 0 unspecified atom stereocenters. The molecule has 1 amide bonds. The van der Waals surface area contributed by atoms with E-state index in [1.165, 1.54) is 6.92 Å². The number of hydrogen-bond donors (Lipinski definition) is 0. The molecule has 0 spiro atoms. The zero-order valence-electron chi connectivity index (χ0n) is 13.4. The second-order valence-electron chi connectivity index (χ2n) is 6.24. The Hall–Kier alpha value is -1.44. The first-order valence-electron chi connectivity index (χ1n) is 7.51. The van der Waals surface area contributed by atoms with Crippen molar-refractivity contribution in [3.05, 3.63) is 11.7 Å². The molecule has 0 saturated carbocycles. The molecule has 22 heavy (non-hydrogen) atoms. The highest BCUT2D eigenvalue weighted by atomic mass is 32.2. The lowest BCUT2D eigenvalue weighted by Crippen LogP contribution is -2.45. The second kappa shape index (κ2) is 6.36. The van der Waals surface area contributed by atoms with Crippen molar-refractivity contribution in [1.29, 1.82) is 0 Å². The summed E-state index contributed by atoms with van der Waals surface area (Å²) in [5.41, 5.74) is 0. The number of amides is 1. The van der Waals surface area contributed by atoms with Crippen LogP contribution < -0.4 is 0 Å². The number of nitrogens with zero attached hydrogens (tertiary/aromatic N) is 3. The smallest absolute Gasteiger partial charge is 0.240 e. The van der Waals surface area contributed by atoms with E-state index in [0.717, 1.165) is 19.1 Å². The average molecular weight is 329 g/mol. The number of piperidine rings is 1. The van der Waals surface area contributed by atoms with Crippen LogP contribution in [-0.2, 0) is 14.6 Å². The van der Waals surface area contributed by atoms with Crippen LogP contribution in [0.5, 0.6) is 0 Å². The summed E-state index contributed by atoms with van der Waals surface area (Å²) in [6, 6.07) is 0. The van der Waals surface area contributed by atoms with Crippen molar-refractivity contribution in [2.45, 2.75) is 50.7 Å². The first-order valence-corrected chi connectivity index (χ1v) is 9.46. The molecule has 0 aliphatic carbocycles. The Kier molecular flexibility index (Phi) is 4.89. The third-order valence-electron chi connectivity index (χ3n) is 4.04. The number of carbonyl (C=O) groups excluding carboxylic acids is 1. The standard InChI is InChI=1S/C14H23N3O4S/c1-9(2)13-15-12(16-21-13)11-6-5-7-17(8-11)14(18)10(3)22(4,19)20/h9-11H,5-8H2,1-4H3/t10-,11-/m1/s1. The zero-order chi connectivity index (χ0) is 16.5. The molecule has 124 valence electrons. The molecule has 2 heterocycles. The molecule has 2 rings (SSSR count). The Morgan fingerprint density at radius 2 is 2.05 bits per heavy atom. The average Bonchev–Trinajstić information content (AvgIpc) is 2.95. The van der Waals surface area contributed by atoms with Gasteiger partial charge in [-0.3, -0.25) is 4.79 Å². The maximum absolute atomic E-state index is 12.3. The van der Waals surface area contributed by atoms with Crippen LogP contribution in [0.2, 0.25) is 0 Å². The van der Waals surface area contributed by atoms with E-state index in [1.54, 1.807) is 4.90 Å². The highest BCUT2D eigenvalue weighted by Crippen LogP contribution is 2.26. The molecule has 1 aromatic heterocycles. The molecule has 8 heteroatoms. The van der Waals surface area contributed by atoms with Gasteiger partial charge in [0.25, 0.3) is 0 Å². The quantitative estimate of drug-likeness (QED) is 0.827. The lowest BCUT2D eigenvalue weighted by molar-refractivity contribution is -0.131. The number of carbonyl (C=O) groups is 1. The van der Waals surface area contributed by atoms with E-state index in [9.17, 15) is 13.2 Å². The zero-order valence-corrected chi connectivity index (χ0v) is 14.3. The molecule has 0 N–H and O–H groups in total. The summed E-state index contributed by atoms with van der Waals surface area (Å²) >= 11 is 0. The molecule has 2 atom stereocenters. The molecule has 1 saturated heterocycles. The summed E-state index contributed by atoms with van der Waals surface area (Å²) < 4.78 is 28.3. The van der Waals surface area contributed by atoms with Crippen LogP contribution in [0, 0.1) is 0 Å². The van der Waals surface area contributed by atoms with Crippen molar-refractivity contribution < 1.29 is 17.7 Å². The maximum atomic E-state index is 12.3. The van der Waals surface area contributed by atoms with E-state index in [4.69, 9.17) is 4.52 Å². The summed E-state index contributed by atoms with van der Waals surface area (Å²) in [5, 5.41) is 2.99. The summed E-state index contributed by atoms with van der Waals surface area (Å²) in [5.74, 6) is 1.00. The summed E-state index contributed by atoms with van der Waals surface area (Å²) in [6.45, 7) is 6.40. The van der Waals surface area contributed by atoms with Gasteiger partial charge in [0.05, 0.1) is 0 Å². The molecular weight excluding hydrogens is 306 g/mol. The van der Waals surface area contributed by atoms with Crippen LogP contribution in [0.3, 0.4) is 0 Å². The Morgan fingerprint density at radius 3 is 2.59 bits per heavy atom. The van der Waals surface area contributed by atoms with Gasteiger partial charge in [-0.1, -0.05) is 19.0 Å². The molecular formula is C14H23N3O4S. The minimum absolute atomic E-state index is 0.000658. The first-order chi connectivity index (χ1) is 10.2. The molecule has 0 aromatic carbocycles. The lowest BCUT2D eigenvalue weighted by Gasteiger charge is -2.32. The molecule has 1 fully saturated rings. The monoisotopic (exact) mass is 329 g/mol. The van der Waals surface area contributed by atoms with Gasteiger partial charge in [-0.25, -0.2) is 8.42 Å². The molecule has 1 aliphatic heterocycles. The summed E-state index contributed by atoms with van der Waals surface area (Å²) in [6.07, 6.45) is 2.76. The van der Waals surface area contributed by atoms with Gasteiger partial charge < -0.3 is 9.42 Å². The summed E-state index contributed by atoms with van der Waals surface area (Å²) in [4.78, 5) is 18.3. The van der Waals surface area contributed by atoms with Crippen LogP contribution in [-0.4, -0.2) is 54.0 Å². The highest BCUT2D eigenvalue weighted by molar-refractivity contribution is 7.92. The van der Waals surface area contributed by atoms with E-state index < -0.39 is 15.1 Å². The van der Waals surface area contributed by atoms with E-state index in [1.807, 2.05) is 13.8 Å². The first kappa shape index (κ1) is 16.9. The third kappa shape index (κ3) is 3.66. The largest absolute Gasteiger partial charge is 0.341 e. The van der Waals surface area contributed by atoms with Crippen molar-refractivity contribution in [2.24, 2.45) is 0 Å². The predicted octanol–water partition coefficient (Wildman–Crippen LogP) is 1.33. The van der Waals surface area contributed by atoms with E-state index in [0.29, 0.717) is 24.8 Å². The van der Waals surface area contributed by atoms with Gasteiger partial charge in [0, 0.05) is 31.2 Å². The van der Waals surface area contributed by atoms with Crippen molar-refractivity contribution in [3.63, 3.8) is 0 Å². The molecule has 0 radical (unpaired) electrons. The van der Waals surface area contributed by atoms with Crippen LogP contribution in [0.15, 0.2) is 4.52 Å². The van der Waals surface area contributed by atoms with E-state index in [2.05, 4.69) is 10.1 Å². The van der Waals surface area contributed by atoms with Crippen molar-refractivity contribution >= 4 is 15.7 Å². The van der Waals surface area contributed by atoms with Crippen molar-refractivity contribution in [3.8, 4) is 0 Å². The normalized spacial score (nSPS) is 21.1. The van der Waals surface area contributed by atoms with Crippen LogP contribution in [0.4, 0.5) is 0 Å². The number of sulfone groups is 1. The summed E-state index contributed by atoms with van der Waals surface area (Å²) in [7, 11) is -3.38. The van der Waals surface area contributed by atoms with Crippen LogP contribution in [0.25, 0.3) is 0 Å². The van der Waals surface area contributed by atoms with Gasteiger partial charge in [-0.15, -0.1) is 0 Å². The number of aromatic nitrogens is 2. The van der Waals surface area contributed by atoms with E-state index >= 15 is 0 Å². The molecule has 0 bridgehead atoms. The van der Waals surface area contributed by atoms with Gasteiger partial charge in [-0.05, 0) is 19.8 Å². The predicted molar refractivity (Wildman–Crippen MR) is 81.2 cm³/mol. The Labute approximate surface area is 131 Å². The fourth-order valence-corrected chi connectivity index (χ4v) is 2.99. The minimum Gasteiger partial charge on any atom is -0.341 e. The maximum Gasteiger partial charge on any atom is 0.240 e. The third-order valence-corrected chi connectivity index (χ3v) is 5.53. The molecule has 1 aliphatic rings. The van der Waals surface area contributed by atoms with Gasteiger partial charge in [0.1, 0.15) is 5.25 Å². The molecule has 1 aromatic rings. The Balaban J connectivity index is 2.10. The van der Waals surface area contributed by atoms with Crippen LogP contribution >= 0.6 is 0 Å². The van der Waals surface area contributed by atoms with Gasteiger partial charge >= 0.3 is 0 Å². The van der Waals surface area contributed by atoms with Gasteiger partial charge in [0.15, 0.2) is 15.7 Å². The topological polar surface area (TPSA) is 93.4 Å². The van der Waals surface area contributed by atoms with Crippen molar-refractivity contribution in [2.75, 3.05) is 19.3 Å². The highest BCUT2D eigenvalue weighted by Gasteiger charge is 2.33. The second-order valence-corrected chi connectivity index (χ2v) is 8.61. The van der Waals surface area contributed by atoms with Crippen molar-refractivity contribution in [1.82, 2.24) is 15.0 Å². The number of likely N-dealkylation sites (tertiary alicyclic amines) is 1. The number of hydrogen-bond acceptors (Lipinski definition) is 6. The number of rotatable bonds is 4. The Morgan fingerprint density at radius 1 is 1.36 bits per heavy atom. The lowest BCUT2D eigenvalue weighted by atomic mass is 9.97. The van der Waals surface area contributed by atoms with Gasteiger partial charge in [0.2, 0.25) is 11.8 Å². The fourth-order valence-electron chi connectivity index (χ4n) is 2.48. The minimum atomic E-state index is -3.38. The van der Waals surface area contributed by atoms with Crippen LogP contribution in [0.1, 0.15) is 57.2 Å². The molecule has 7 nitrogen and oxygen atoms in total. The fraction of sp³-hybridized carbons (Fsp3) is 0.786. The Bertz CT molecular complexity index is 638. The SMILES string of the molecule is CC(C)c1nc([C@@H]2CCCN(C(=O)[C@@H](C)S(C)(=O)=O)C2)no1.